The minimum Gasteiger partial charge on any atom is -0.321 e. The Bertz CT molecular complexity index is 866. The van der Waals surface area contributed by atoms with Gasteiger partial charge in [-0.05, 0) is 43.3 Å². The van der Waals surface area contributed by atoms with Gasteiger partial charge < -0.3 is 5.32 Å². The molecule has 0 saturated carbocycles. The lowest BCUT2D eigenvalue weighted by atomic mass is 10.3. The second kappa shape index (κ2) is 7.90. The van der Waals surface area contributed by atoms with Crippen LogP contribution in [0.3, 0.4) is 0 Å². The first-order chi connectivity index (χ1) is 11.8. The number of carbonyl (C=O) groups excluding carboxylic acids is 2. The fourth-order valence-electron chi connectivity index (χ4n) is 2.26. The summed E-state index contributed by atoms with van der Waals surface area (Å²) in [6, 6.07) is 9.25. The van der Waals surface area contributed by atoms with Crippen molar-refractivity contribution in [3.8, 4) is 0 Å². The Balaban J connectivity index is 2.14. The summed E-state index contributed by atoms with van der Waals surface area (Å²) in [6.07, 6.45) is 0. The van der Waals surface area contributed by atoms with E-state index in [-0.39, 0.29) is 16.6 Å². The van der Waals surface area contributed by atoms with E-state index in [1.807, 2.05) is 0 Å². The molecule has 1 aromatic heterocycles. The molecule has 0 fully saturated rings. The van der Waals surface area contributed by atoms with Crippen molar-refractivity contribution in [3.05, 3.63) is 46.2 Å². The molecule has 25 heavy (non-hydrogen) atoms. The van der Waals surface area contributed by atoms with Gasteiger partial charge in [-0.15, -0.1) is 11.3 Å². The van der Waals surface area contributed by atoms with Crippen LogP contribution >= 0.6 is 11.3 Å². The summed E-state index contributed by atoms with van der Waals surface area (Å²) in [7, 11) is -3.52. The lowest BCUT2D eigenvalue weighted by Crippen LogP contribution is -2.30. The fourth-order valence-corrected chi connectivity index (χ4v) is 4.52. The van der Waals surface area contributed by atoms with E-state index in [1.165, 1.54) is 23.4 Å². The van der Waals surface area contributed by atoms with Gasteiger partial charge in [-0.2, -0.15) is 4.31 Å². The van der Waals surface area contributed by atoms with Crippen LogP contribution in [-0.2, 0) is 10.0 Å². The third kappa shape index (κ3) is 4.33. The summed E-state index contributed by atoms with van der Waals surface area (Å²) >= 11 is 1.12. The Kier molecular flexibility index (Phi) is 6.10. The largest absolute Gasteiger partial charge is 0.321 e. The molecular weight excluding hydrogens is 360 g/mol. The van der Waals surface area contributed by atoms with Crippen LogP contribution < -0.4 is 5.32 Å². The molecule has 6 nitrogen and oxygen atoms in total. The number of amides is 1. The quantitative estimate of drug-likeness (QED) is 0.748. The van der Waals surface area contributed by atoms with Crippen LogP contribution in [-0.4, -0.2) is 37.5 Å². The Morgan fingerprint density at radius 3 is 2.04 bits per heavy atom. The van der Waals surface area contributed by atoms with Crippen molar-refractivity contribution in [3.63, 3.8) is 0 Å². The number of nitrogens with one attached hydrogen (secondary N) is 1. The fraction of sp³-hybridized carbons (Fsp3) is 0.294. The van der Waals surface area contributed by atoms with Crippen LogP contribution in [0.2, 0.25) is 0 Å². The van der Waals surface area contributed by atoms with Crippen LogP contribution in [0.25, 0.3) is 0 Å². The molecule has 2 rings (SSSR count). The topological polar surface area (TPSA) is 83.6 Å². The number of nitrogens with zero attached hydrogens (tertiary/aromatic N) is 1. The number of ketones is 1. The van der Waals surface area contributed by atoms with Gasteiger partial charge in [-0.25, -0.2) is 8.42 Å². The number of sulfonamides is 1. The van der Waals surface area contributed by atoms with Crippen molar-refractivity contribution in [2.45, 2.75) is 25.7 Å². The van der Waals surface area contributed by atoms with Crippen molar-refractivity contribution >= 4 is 38.7 Å². The van der Waals surface area contributed by atoms with E-state index >= 15 is 0 Å². The zero-order valence-corrected chi connectivity index (χ0v) is 15.9. The Labute approximate surface area is 151 Å². The number of anilines is 1. The molecular formula is C17H20N2O4S2. The molecule has 0 aliphatic heterocycles. The SMILES string of the molecule is CCN(CC)S(=O)(=O)c1ccc(NC(=O)c2ccc(C(C)=O)s2)cc1. The van der Waals surface area contributed by atoms with Gasteiger partial charge in [0, 0.05) is 18.8 Å². The zero-order valence-electron chi connectivity index (χ0n) is 14.3. The minimum atomic E-state index is -3.52. The molecule has 2 aromatic rings. The van der Waals surface area contributed by atoms with Crippen molar-refractivity contribution in [2.75, 3.05) is 18.4 Å². The number of carbonyl (C=O) groups is 2. The summed E-state index contributed by atoms with van der Waals surface area (Å²) < 4.78 is 26.2. The highest BCUT2D eigenvalue weighted by Gasteiger charge is 2.21. The zero-order chi connectivity index (χ0) is 18.6. The molecule has 0 bridgehead atoms. The van der Waals surface area contributed by atoms with E-state index in [9.17, 15) is 18.0 Å². The van der Waals surface area contributed by atoms with Crippen molar-refractivity contribution in [1.29, 1.82) is 0 Å². The monoisotopic (exact) mass is 380 g/mol. The molecule has 0 atom stereocenters. The summed E-state index contributed by atoms with van der Waals surface area (Å²) in [5, 5.41) is 2.70. The third-order valence-corrected chi connectivity index (χ3v) is 6.88. The molecule has 134 valence electrons. The smallest absolute Gasteiger partial charge is 0.265 e. The molecule has 0 aliphatic carbocycles. The van der Waals surface area contributed by atoms with Gasteiger partial charge in [0.25, 0.3) is 5.91 Å². The summed E-state index contributed by atoms with van der Waals surface area (Å²) in [4.78, 5) is 24.6. The standard InChI is InChI=1S/C17H20N2O4S2/c1-4-19(5-2)25(22,23)14-8-6-13(7-9-14)18-17(21)16-11-10-15(24-16)12(3)20/h6-11H,4-5H2,1-3H3,(H,18,21). The van der Waals surface area contributed by atoms with Gasteiger partial charge in [-0.3, -0.25) is 9.59 Å². The van der Waals surface area contributed by atoms with Crippen LogP contribution in [0.1, 0.15) is 40.1 Å². The van der Waals surface area contributed by atoms with Gasteiger partial charge in [0.2, 0.25) is 10.0 Å². The third-order valence-electron chi connectivity index (χ3n) is 3.63. The lowest BCUT2D eigenvalue weighted by Gasteiger charge is -2.18. The summed E-state index contributed by atoms with van der Waals surface area (Å²) in [6.45, 7) is 5.81. The lowest BCUT2D eigenvalue weighted by molar-refractivity contribution is 0.101. The van der Waals surface area contributed by atoms with Crippen LogP contribution in [0.5, 0.6) is 0 Å². The maximum absolute atomic E-state index is 12.4. The normalized spacial score (nSPS) is 11.5. The van der Waals surface area contributed by atoms with Crippen LogP contribution in [0, 0.1) is 0 Å². The maximum Gasteiger partial charge on any atom is 0.265 e. The van der Waals surface area contributed by atoms with Crippen molar-refractivity contribution in [2.24, 2.45) is 0 Å². The summed E-state index contributed by atoms with van der Waals surface area (Å²) in [5.41, 5.74) is 0.487. The van der Waals surface area contributed by atoms with E-state index in [0.717, 1.165) is 11.3 Å². The second-order valence-corrected chi connectivity index (χ2v) is 8.31. The van der Waals surface area contributed by atoms with Gasteiger partial charge >= 0.3 is 0 Å². The molecule has 0 radical (unpaired) electrons. The molecule has 0 spiro atoms. The number of benzene rings is 1. The number of hydrogen-bond acceptors (Lipinski definition) is 5. The van der Waals surface area contributed by atoms with Gasteiger partial charge in [0.1, 0.15) is 0 Å². The molecule has 1 heterocycles. The molecule has 1 aromatic carbocycles. The number of hydrogen-bond donors (Lipinski definition) is 1. The molecule has 0 saturated heterocycles. The van der Waals surface area contributed by atoms with Crippen LogP contribution in [0.4, 0.5) is 5.69 Å². The van der Waals surface area contributed by atoms with E-state index in [2.05, 4.69) is 5.32 Å². The Morgan fingerprint density at radius 1 is 1.00 bits per heavy atom. The van der Waals surface area contributed by atoms with Gasteiger partial charge in [-0.1, -0.05) is 13.8 Å². The predicted octanol–water partition coefficient (Wildman–Crippen LogP) is 3.23. The van der Waals surface area contributed by atoms with E-state index < -0.39 is 10.0 Å². The van der Waals surface area contributed by atoms with Gasteiger partial charge in [0.15, 0.2) is 5.78 Å². The molecule has 8 heteroatoms. The highest BCUT2D eigenvalue weighted by Crippen LogP contribution is 2.21. The number of rotatable bonds is 7. The first-order valence-electron chi connectivity index (χ1n) is 7.82. The van der Waals surface area contributed by atoms with Crippen LogP contribution in [0.15, 0.2) is 41.3 Å². The maximum atomic E-state index is 12.4. The number of Topliss-reactive ketones (excluding diaryl/α,β-unsaturated/α-hetero) is 1. The Hall–Kier alpha value is -2.03. The van der Waals surface area contributed by atoms with Gasteiger partial charge in [0.05, 0.1) is 14.6 Å². The first-order valence-corrected chi connectivity index (χ1v) is 10.1. The first kappa shape index (κ1) is 19.3. The highest BCUT2D eigenvalue weighted by atomic mass is 32.2. The number of thiophene rings is 1. The van der Waals surface area contributed by atoms with E-state index in [0.29, 0.717) is 28.5 Å². The minimum absolute atomic E-state index is 0.0880. The van der Waals surface area contributed by atoms with Crippen molar-refractivity contribution in [1.82, 2.24) is 4.31 Å². The summed E-state index contributed by atoms with van der Waals surface area (Å²) in [5.74, 6) is -0.424. The molecule has 1 amide bonds. The molecule has 0 unspecified atom stereocenters. The van der Waals surface area contributed by atoms with Crippen molar-refractivity contribution < 1.29 is 18.0 Å². The average molecular weight is 380 g/mol. The average Bonchev–Trinajstić information content (AvgIpc) is 3.06. The predicted molar refractivity (Wildman–Crippen MR) is 98.8 cm³/mol. The van der Waals surface area contributed by atoms with E-state index in [1.54, 1.807) is 38.1 Å². The highest BCUT2D eigenvalue weighted by molar-refractivity contribution is 7.89. The molecule has 1 N–H and O–H groups in total. The van der Waals surface area contributed by atoms with E-state index in [4.69, 9.17) is 0 Å². The second-order valence-electron chi connectivity index (χ2n) is 5.29. The molecule has 0 aliphatic rings. The Morgan fingerprint density at radius 2 is 1.56 bits per heavy atom.